The molecule has 214 valence electrons. The van der Waals surface area contributed by atoms with Gasteiger partial charge in [-0.1, -0.05) is 60.7 Å². The van der Waals surface area contributed by atoms with Gasteiger partial charge in [-0.05, 0) is 42.7 Å². The van der Waals surface area contributed by atoms with Crippen molar-refractivity contribution in [3.63, 3.8) is 0 Å². The summed E-state index contributed by atoms with van der Waals surface area (Å²) in [5.41, 5.74) is 9.92. The van der Waals surface area contributed by atoms with E-state index in [1.165, 1.54) is 0 Å². The van der Waals surface area contributed by atoms with Crippen molar-refractivity contribution in [3.8, 4) is 11.1 Å². The third-order valence-corrected chi connectivity index (χ3v) is 6.61. The summed E-state index contributed by atoms with van der Waals surface area (Å²) in [4.78, 5) is 41.3. The highest BCUT2D eigenvalue weighted by Gasteiger charge is 2.28. The number of nitrogens with two attached hydrogens (primary N) is 1. The highest BCUT2D eigenvalue weighted by atomic mass is 16.3. The summed E-state index contributed by atoms with van der Waals surface area (Å²) in [5.74, 6) is -0.737. The standard InChI is InChI=1S/C31H36N6O4/c1-31(2,32)29(40)36-27(17-22-19-34-25-9-5-3-8-24(22)25)28(39)35-18-20-11-13-21(14-12-20)23-7-4-6-10-26(23)37-30(41)33-15-16-38/h3-14,19,27,34,38H,15-18,32H2,1-2H3,(H,35,39)(H,36,40)(H2,33,37,41)/t27-/m1/s1. The monoisotopic (exact) mass is 556 g/mol. The lowest BCUT2D eigenvalue weighted by molar-refractivity contribution is -0.131. The van der Waals surface area contributed by atoms with E-state index in [1.54, 1.807) is 19.9 Å². The Hall–Kier alpha value is -4.67. The van der Waals surface area contributed by atoms with Crippen molar-refractivity contribution in [2.75, 3.05) is 18.5 Å². The Bertz CT molecular complexity index is 1510. The minimum Gasteiger partial charge on any atom is -0.395 e. The lowest BCUT2D eigenvalue weighted by Crippen LogP contribution is -2.56. The van der Waals surface area contributed by atoms with Gasteiger partial charge >= 0.3 is 6.03 Å². The summed E-state index contributed by atoms with van der Waals surface area (Å²) in [6, 6.07) is 21.6. The number of urea groups is 1. The van der Waals surface area contributed by atoms with Crippen LogP contribution in [0.25, 0.3) is 22.0 Å². The molecule has 4 aromatic rings. The van der Waals surface area contributed by atoms with E-state index in [2.05, 4.69) is 26.3 Å². The van der Waals surface area contributed by atoms with Gasteiger partial charge in [0, 0.05) is 42.2 Å². The second kappa shape index (κ2) is 13.1. The van der Waals surface area contributed by atoms with Gasteiger partial charge in [-0.2, -0.15) is 0 Å². The number of nitrogens with one attached hydrogen (secondary N) is 5. The maximum Gasteiger partial charge on any atom is 0.319 e. The third kappa shape index (κ3) is 7.71. The van der Waals surface area contributed by atoms with Crippen molar-refractivity contribution in [1.29, 1.82) is 0 Å². The van der Waals surface area contributed by atoms with Crippen LogP contribution in [0.1, 0.15) is 25.0 Å². The Morgan fingerprint density at radius 3 is 2.39 bits per heavy atom. The fourth-order valence-electron chi connectivity index (χ4n) is 4.37. The van der Waals surface area contributed by atoms with E-state index >= 15 is 0 Å². The predicted octanol–water partition coefficient (Wildman–Crippen LogP) is 3.03. The lowest BCUT2D eigenvalue weighted by atomic mass is 10.0. The predicted molar refractivity (Wildman–Crippen MR) is 160 cm³/mol. The summed E-state index contributed by atoms with van der Waals surface area (Å²) >= 11 is 0. The maximum atomic E-state index is 13.3. The van der Waals surface area contributed by atoms with Crippen LogP contribution < -0.4 is 27.0 Å². The molecule has 1 aromatic heterocycles. The number of carbonyl (C=O) groups is 3. The molecule has 1 heterocycles. The number of amides is 4. The Morgan fingerprint density at radius 1 is 0.951 bits per heavy atom. The fourth-order valence-corrected chi connectivity index (χ4v) is 4.37. The van der Waals surface area contributed by atoms with Crippen LogP contribution in [0, 0.1) is 0 Å². The highest BCUT2D eigenvalue weighted by Crippen LogP contribution is 2.28. The van der Waals surface area contributed by atoms with E-state index in [4.69, 9.17) is 10.8 Å². The maximum absolute atomic E-state index is 13.3. The smallest absolute Gasteiger partial charge is 0.319 e. The molecule has 1 atom stereocenters. The summed E-state index contributed by atoms with van der Waals surface area (Å²) in [6.45, 7) is 3.47. The van der Waals surface area contributed by atoms with Crippen molar-refractivity contribution >= 4 is 34.4 Å². The molecule has 0 fully saturated rings. The third-order valence-electron chi connectivity index (χ3n) is 6.61. The van der Waals surface area contributed by atoms with Crippen molar-refractivity contribution in [2.45, 2.75) is 38.4 Å². The molecule has 0 saturated heterocycles. The minimum atomic E-state index is -1.14. The van der Waals surface area contributed by atoms with E-state index in [0.29, 0.717) is 12.1 Å². The first-order valence-electron chi connectivity index (χ1n) is 13.4. The molecule has 0 unspecified atom stereocenters. The number of H-pyrrole nitrogens is 1. The first kappa shape index (κ1) is 29.3. The zero-order valence-corrected chi connectivity index (χ0v) is 23.2. The molecule has 0 spiro atoms. The first-order chi connectivity index (χ1) is 19.7. The van der Waals surface area contributed by atoms with Crippen LogP contribution in [-0.4, -0.2) is 52.7 Å². The van der Waals surface area contributed by atoms with Crippen LogP contribution in [-0.2, 0) is 22.6 Å². The molecule has 0 radical (unpaired) electrons. The Morgan fingerprint density at radius 2 is 1.66 bits per heavy atom. The molecular formula is C31H36N6O4. The number of benzene rings is 3. The van der Waals surface area contributed by atoms with Gasteiger partial charge in [0.2, 0.25) is 11.8 Å². The molecule has 0 aliphatic heterocycles. The minimum absolute atomic E-state index is 0.145. The number of para-hydroxylation sites is 2. The number of fused-ring (bicyclic) bond motifs is 1. The van der Waals surface area contributed by atoms with Gasteiger partial charge in [-0.15, -0.1) is 0 Å². The van der Waals surface area contributed by atoms with Gasteiger partial charge in [0.25, 0.3) is 0 Å². The molecule has 10 nitrogen and oxygen atoms in total. The number of aromatic nitrogens is 1. The van der Waals surface area contributed by atoms with Crippen molar-refractivity contribution in [2.24, 2.45) is 5.73 Å². The van der Waals surface area contributed by atoms with Crippen LogP contribution in [0.3, 0.4) is 0 Å². The Balaban J connectivity index is 1.45. The first-order valence-corrected chi connectivity index (χ1v) is 13.4. The Kier molecular flexibility index (Phi) is 9.38. The number of anilines is 1. The lowest BCUT2D eigenvalue weighted by Gasteiger charge is -2.24. The fraction of sp³-hybridized carbons (Fsp3) is 0.258. The van der Waals surface area contributed by atoms with E-state index in [0.717, 1.165) is 33.2 Å². The molecule has 0 aliphatic rings. The SMILES string of the molecule is CC(C)(N)C(=O)N[C@H](Cc1c[nH]c2ccccc12)C(=O)NCc1ccc(-c2ccccc2NC(=O)NCCO)cc1. The molecule has 8 N–H and O–H groups in total. The van der Waals surface area contributed by atoms with Crippen molar-refractivity contribution in [3.05, 3.63) is 90.1 Å². The second-order valence-corrected chi connectivity index (χ2v) is 10.4. The number of rotatable bonds is 11. The average Bonchev–Trinajstić information content (AvgIpc) is 3.37. The van der Waals surface area contributed by atoms with E-state index in [9.17, 15) is 14.4 Å². The van der Waals surface area contributed by atoms with Crippen LogP contribution in [0.5, 0.6) is 0 Å². The molecule has 41 heavy (non-hydrogen) atoms. The van der Waals surface area contributed by atoms with Crippen LogP contribution in [0.4, 0.5) is 10.5 Å². The summed E-state index contributed by atoms with van der Waals surface area (Å²) in [5, 5.41) is 21.0. The number of aliphatic hydroxyl groups excluding tert-OH is 1. The normalized spacial score (nSPS) is 12.0. The van der Waals surface area contributed by atoms with E-state index in [-0.39, 0.29) is 25.6 Å². The van der Waals surface area contributed by atoms with Gasteiger partial charge < -0.3 is 37.1 Å². The number of aromatic amines is 1. The van der Waals surface area contributed by atoms with Crippen LogP contribution >= 0.6 is 0 Å². The van der Waals surface area contributed by atoms with E-state index in [1.807, 2.05) is 72.9 Å². The zero-order chi connectivity index (χ0) is 29.4. The van der Waals surface area contributed by atoms with Crippen molar-refractivity contribution in [1.82, 2.24) is 20.9 Å². The molecule has 0 bridgehead atoms. The average molecular weight is 557 g/mol. The molecule has 3 aromatic carbocycles. The van der Waals surface area contributed by atoms with Crippen molar-refractivity contribution < 1.29 is 19.5 Å². The zero-order valence-electron chi connectivity index (χ0n) is 23.2. The number of aliphatic hydroxyl groups is 1. The van der Waals surface area contributed by atoms with Crippen LogP contribution in [0.15, 0.2) is 79.0 Å². The van der Waals surface area contributed by atoms with Gasteiger partial charge in [-0.25, -0.2) is 4.79 Å². The number of hydrogen-bond acceptors (Lipinski definition) is 5. The molecule has 0 aliphatic carbocycles. The van der Waals surface area contributed by atoms with Crippen LogP contribution in [0.2, 0.25) is 0 Å². The molecule has 0 saturated carbocycles. The van der Waals surface area contributed by atoms with Gasteiger partial charge in [0.05, 0.1) is 17.8 Å². The Labute approximate surface area is 238 Å². The van der Waals surface area contributed by atoms with Gasteiger partial charge in [-0.3, -0.25) is 9.59 Å². The number of carbonyl (C=O) groups excluding carboxylic acids is 3. The largest absolute Gasteiger partial charge is 0.395 e. The quantitative estimate of drug-likeness (QED) is 0.151. The van der Waals surface area contributed by atoms with Gasteiger partial charge in [0.15, 0.2) is 0 Å². The molecule has 4 amide bonds. The number of hydrogen-bond donors (Lipinski definition) is 7. The summed E-state index contributed by atoms with van der Waals surface area (Å²) in [6.07, 6.45) is 2.15. The summed E-state index contributed by atoms with van der Waals surface area (Å²) < 4.78 is 0. The van der Waals surface area contributed by atoms with Gasteiger partial charge in [0.1, 0.15) is 6.04 Å². The topological polar surface area (TPSA) is 161 Å². The van der Waals surface area contributed by atoms with E-state index < -0.39 is 23.5 Å². The summed E-state index contributed by atoms with van der Waals surface area (Å²) in [7, 11) is 0. The second-order valence-electron chi connectivity index (χ2n) is 10.4. The highest BCUT2D eigenvalue weighted by molar-refractivity contribution is 5.95. The molecular weight excluding hydrogens is 520 g/mol. The molecule has 10 heteroatoms. The molecule has 4 rings (SSSR count).